The standard InChI is InChI=1S/C23H27NO5S/c1-3-13-4-6-14(7-5-13)8-15-9-17(19(30-2)10-16(15)11-24)23-22(28)21(27)20(26)18(12-25)29-23/h4-7,9-10,18,20-23,25-28H,3,8,12H2,1-2H3/t18-,20-,21+,22-,23+/m1/s1. The summed E-state index contributed by atoms with van der Waals surface area (Å²) in [5.41, 5.74) is 4.23. The first-order valence-corrected chi connectivity index (χ1v) is 11.1. The summed E-state index contributed by atoms with van der Waals surface area (Å²) in [6.07, 6.45) is -2.80. The maximum atomic E-state index is 10.6. The molecule has 0 saturated carbocycles. The van der Waals surface area contributed by atoms with Gasteiger partial charge in [0, 0.05) is 4.90 Å². The van der Waals surface area contributed by atoms with E-state index in [9.17, 15) is 25.7 Å². The zero-order chi connectivity index (χ0) is 21.8. The molecule has 2 aromatic rings. The third kappa shape index (κ3) is 4.54. The summed E-state index contributed by atoms with van der Waals surface area (Å²) in [6.45, 7) is 1.61. The van der Waals surface area contributed by atoms with Crippen LogP contribution in [0.25, 0.3) is 0 Å². The van der Waals surface area contributed by atoms with E-state index in [1.807, 2.05) is 24.5 Å². The molecule has 0 unspecified atom stereocenters. The monoisotopic (exact) mass is 429 g/mol. The Morgan fingerprint density at radius 1 is 1.03 bits per heavy atom. The molecule has 6 nitrogen and oxygen atoms in total. The van der Waals surface area contributed by atoms with Crippen LogP contribution < -0.4 is 0 Å². The molecule has 0 aromatic heterocycles. The third-order valence-electron chi connectivity index (χ3n) is 5.60. The second kappa shape index (κ2) is 9.92. The third-order valence-corrected chi connectivity index (χ3v) is 6.39. The normalized spacial score (nSPS) is 26.4. The first-order valence-electron chi connectivity index (χ1n) is 9.92. The lowest BCUT2D eigenvalue weighted by molar-refractivity contribution is -0.232. The van der Waals surface area contributed by atoms with E-state index in [2.05, 4.69) is 25.1 Å². The van der Waals surface area contributed by atoms with Crippen LogP contribution >= 0.6 is 11.8 Å². The van der Waals surface area contributed by atoms with Gasteiger partial charge in [-0.2, -0.15) is 5.26 Å². The van der Waals surface area contributed by atoms with Crippen LogP contribution in [0.3, 0.4) is 0 Å². The first kappa shape index (κ1) is 22.8. The van der Waals surface area contributed by atoms with Crippen LogP contribution in [0.2, 0.25) is 0 Å². The summed E-state index contributed by atoms with van der Waals surface area (Å²) in [7, 11) is 0. The lowest BCUT2D eigenvalue weighted by Gasteiger charge is -2.40. The Labute approximate surface area is 180 Å². The average Bonchev–Trinajstić information content (AvgIpc) is 2.78. The number of ether oxygens (including phenoxy) is 1. The number of thioether (sulfide) groups is 1. The first-order chi connectivity index (χ1) is 14.4. The van der Waals surface area contributed by atoms with Gasteiger partial charge in [0.05, 0.1) is 18.2 Å². The van der Waals surface area contributed by atoms with E-state index in [1.165, 1.54) is 17.3 Å². The van der Waals surface area contributed by atoms with E-state index in [4.69, 9.17) is 4.74 Å². The number of aryl methyl sites for hydroxylation is 1. The van der Waals surface area contributed by atoms with Crippen molar-refractivity contribution in [2.75, 3.05) is 12.9 Å². The number of aliphatic hydroxyl groups is 4. The predicted octanol–water partition coefficient (Wildman–Crippen LogP) is 1.95. The highest BCUT2D eigenvalue weighted by molar-refractivity contribution is 7.98. The number of benzene rings is 2. The summed E-state index contributed by atoms with van der Waals surface area (Å²) in [5, 5.41) is 50.0. The van der Waals surface area contributed by atoms with Crippen molar-refractivity contribution in [3.8, 4) is 6.07 Å². The molecule has 1 heterocycles. The second-order valence-electron chi connectivity index (χ2n) is 7.46. The van der Waals surface area contributed by atoms with Crippen LogP contribution in [-0.4, -0.2) is 57.7 Å². The fourth-order valence-electron chi connectivity index (χ4n) is 3.76. The van der Waals surface area contributed by atoms with Gasteiger partial charge in [-0.1, -0.05) is 37.3 Å². The van der Waals surface area contributed by atoms with Crippen LogP contribution in [0.1, 0.15) is 40.8 Å². The van der Waals surface area contributed by atoms with Crippen LogP contribution in [0.15, 0.2) is 41.3 Å². The van der Waals surface area contributed by atoms with Crippen molar-refractivity contribution in [3.63, 3.8) is 0 Å². The van der Waals surface area contributed by atoms with Gasteiger partial charge >= 0.3 is 0 Å². The minimum atomic E-state index is -1.45. The highest BCUT2D eigenvalue weighted by Gasteiger charge is 2.44. The van der Waals surface area contributed by atoms with Gasteiger partial charge in [-0.15, -0.1) is 11.8 Å². The molecule has 0 aliphatic carbocycles. The summed E-state index contributed by atoms with van der Waals surface area (Å²) < 4.78 is 5.76. The summed E-state index contributed by atoms with van der Waals surface area (Å²) >= 11 is 1.40. The van der Waals surface area contributed by atoms with Gasteiger partial charge in [0.1, 0.15) is 30.5 Å². The minimum absolute atomic E-state index is 0.483. The number of hydrogen-bond acceptors (Lipinski definition) is 7. The van der Waals surface area contributed by atoms with Crippen LogP contribution in [-0.2, 0) is 17.6 Å². The molecule has 0 radical (unpaired) electrons. The topological polar surface area (TPSA) is 114 Å². The fourth-order valence-corrected chi connectivity index (χ4v) is 4.41. The Morgan fingerprint density at radius 2 is 1.70 bits per heavy atom. The second-order valence-corrected chi connectivity index (χ2v) is 8.31. The lowest BCUT2D eigenvalue weighted by atomic mass is 9.89. The van der Waals surface area contributed by atoms with E-state index in [0.717, 1.165) is 22.4 Å². The van der Waals surface area contributed by atoms with Gasteiger partial charge in [0.15, 0.2) is 0 Å². The Balaban J connectivity index is 2.01. The number of nitriles is 1. The highest BCUT2D eigenvalue weighted by atomic mass is 32.2. The zero-order valence-electron chi connectivity index (χ0n) is 17.0. The molecule has 0 amide bonds. The molecule has 0 spiro atoms. The molecule has 2 aromatic carbocycles. The van der Waals surface area contributed by atoms with Gasteiger partial charge in [-0.05, 0) is 47.4 Å². The summed E-state index contributed by atoms with van der Waals surface area (Å²) in [4.78, 5) is 0.737. The van der Waals surface area contributed by atoms with E-state index in [0.29, 0.717) is 17.5 Å². The quantitative estimate of drug-likeness (QED) is 0.519. The summed E-state index contributed by atoms with van der Waals surface area (Å²) in [5.74, 6) is 0. The van der Waals surface area contributed by atoms with Crippen molar-refractivity contribution in [1.82, 2.24) is 0 Å². The molecule has 160 valence electrons. The van der Waals surface area contributed by atoms with Crippen LogP contribution in [0.4, 0.5) is 0 Å². The Bertz CT molecular complexity index is 909. The van der Waals surface area contributed by atoms with Crippen molar-refractivity contribution < 1.29 is 25.2 Å². The lowest BCUT2D eigenvalue weighted by Crippen LogP contribution is -2.55. The van der Waals surface area contributed by atoms with E-state index in [-0.39, 0.29) is 0 Å². The highest BCUT2D eigenvalue weighted by Crippen LogP contribution is 2.38. The Hall–Kier alpha value is -1.92. The summed E-state index contributed by atoms with van der Waals surface area (Å²) in [6, 6.07) is 14.0. The maximum absolute atomic E-state index is 10.6. The molecule has 1 aliphatic heterocycles. The van der Waals surface area contributed by atoms with Gasteiger partial charge in [0.2, 0.25) is 0 Å². The van der Waals surface area contributed by atoms with Gasteiger partial charge in [-0.25, -0.2) is 0 Å². The van der Waals surface area contributed by atoms with Crippen molar-refractivity contribution >= 4 is 11.8 Å². The average molecular weight is 430 g/mol. The molecule has 3 rings (SSSR count). The Kier molecular flexibility index (Phi) is 7.53. The van der Waals surface area contributed by atoms with Crippen molar-refractivity contribution in [2.45, 2.75) is 55.2 Å². The van der Waals surface area contributed by atoms with Crippen LogP contribution in [0.5, 0.6) is 0 Å². The predicted molar refractivity (Wildman–Crippen MR) is 114 cm³/mol. The zero-order valence-corrected chi connectivity index (χ0v) is 17.8. The van der Waals surface area contributed by atoms with Crippen molar-refractivity contribution in [2.24, 2.45) is 0 Å². The maximum Gasteiger partial charge on any atom is 0.113 e. The van der Waals surface area contributed by atoms with Crippen molar-refractivity contribution in [3.05, 3.63) is 64.2 Å². The van der Waals surface area contributed by atoms with Gasteiger partial charge in [0.25, 0.3) is 0 Å². The van der Waals surface area contributed by atoms with Gasteiger partial charge in [-0.3, -0.25) is 0 Å². The molecule has 0 bridgehead atoms. The number of rotatable bonds is 6. The molecular formula is C23H27NO5S. The molecule has 1 fully saturated rings. The molecule has 5 atom stereocenters. The van der Waals surface area contributed by atoms with E-state index >= 15 is 0 Å². The van der Waals surface area contributed by atoms with Gasteiger partial charge < -0.3 is 25.2 Å². The molecule has 1 saturated heterocycles. The van der Waals surface area contributed by atoms with E-state index < -0.39 is 37.1 Å². The van der Waals surface area contributed by atoms with E-state index in [1.54, 1.807) is 6.07 Å². The van der Waals surface area contributed by atoms with Crippen LogP contribution in [0, 0.1) is 11.3 Å². The van der Waals surface area contributed by atoms with Crippen molar-refractivity contribution in [1.29, 1.82) is 5.26 Å². The fraction of sp³-hybridized carbons (Fsp3) is 0.435. The molecule has 30 heavy (non-hydrogen) atoms. The number of aliphatic hydroxyl groups excluding tert-OH is 4. The Morgan fingerprint density at radius 3 is 2.27 bits per heavy atom. The number of nitrogens with zero attached hydrogens (tertiary/aromatic N) is 1. The smallest absolute Gasteiger partial charge is 0.113 e. The minimum Gasteiger partial charge on any atom is -0.394 e. The molecule has 7 heteroatoms. The molecule has 4 N–H and O–H groups in total. The largest absolute Gasteiger partial charge is 0.394 e. The molecular weight excluding hydrogens is 402 g/mol. The SMILES string of the molecule is CCc1ccc(Cc2cc([C@@H]3O[C@H](CO)[C@@H](O)[C@H](O)[C@H]3O)c(SC)cc2C#N)cc1. The molecule has 1 aliphatic rings. The number of hydrogen-bond donors (Lipinski definition) is 4.